The normalized spacial score (nSPS) is 10.6. The average Bonchev–Trinajstić information content (AvgIpc) is 3.14. The summed E-state index contributed by atoms with van der Waals surface area (Å²) in [6, 6.07) is 9.85. The summed E-state index contributed by atoms with van der Waals surface area (Å²) in [4.78, 5) is 15.2. The number of carbonyl (C=O) groups excluding carboxylic acids is 1. The third kappa shape index (κ3) is 2.20. The zero-order valence-corrected chi connectivity index (χ0v) is 11.8. The standard InChI is InChI=1S/C13H11N3OS2/c1-14-13(17)16-9(6-7-15-16)10-4-5-12(19-10)11-3-2-8-18-11/h2-8H,1H3,(H,14,17). The van der Waals surface area contributed by atoms with Crippen LogP contribution in [0.3, 0.4) is 0 Å². The molecule has 0 saturated carbocycles. The lowest BCUT2D eigenvalue weighted by Crippen LogP contribution is -2.25. The lowest BCUT2D eigenvalue weighted by Gasteiger charge is -2.02. The molecule has 0 spiro atoms. The summed E-state index contributed by atoms with van der Waals surface area (Å²) in [5.41, 5.74) is 0.812. The fourth-order valence-electron chi connectivity index (χ4n) is 1.78. The maximum absolute atomic E-state index is 11.7. The molecule has 96 valence electrons. The van der Waals surface area contributed by atoms with Gasteiger partial charge >= 0.3 is 6.03 Å². The number of amides is 1. The summed E-state index contributed by atoms with van der Waals surface area (Å²) in [6.07, 6.45) is 1.63. The molecule has 0 radical (unpaired) electrons. The van der Waals surface area contributed by atoms with Crippen LogP contribution >= 0.6 is 22.7 Å². The minimum absolute atomic E-state index is 0.230. The van der Waals surface area contributed by atoms with E-state index in [1.54, 1.807) is 35.9 Å². The van der Waals surface area contributed by atoms with Crippen molar-refractivity contribution in [3.63, 3.8) is 0 Å². The van der Waals surface area contributed by atoms with E-state index in [4.69, 9.17) is 0 Å². The van der Waals surface area contributed by atoms with E-state index < -0.39 is 0 Å². The summed E-state index contributed by atoms with van der Waals surface area (Å²) in [7, 11) is 1.60. The molecule has 3 rings (SSSR count). The van der Waals surface area contributed by atoms with E-state index in [9.17, 15) is 4.79 Å². The molecule has 0 unspecified atom stereocenters. The van der Waals surface area contributed by atoms with E-state index in [2.05, 4.69) is 27.9 Å². The van der Waals surface area contributed by atoms with Gasteiger partial charge < -0.3 is 5.32 Å². The lowest BCUT2D eigenvalue weighted by atomic mass is 10.3. The van der Waals surface area contributed by atoms with Gasteiger partial charge in [-0.25, -0.2) is 4.79 Å². The molecule has 3 heterocycles. The molecule has 19 heavy (non-hydrogen) atoms. The predicted molar refractivity (Wildman–Crippen MR) is 78.7 cm³/mol. The first kappa shape index (κ1) is 12.1. The first-order valence-corrected chi connectivity index (χ1v) is 7.39. The predicted octanol–water partition coefficient (Wildman–Crippen LogP) is 3.53. The van der Waals surface area contributed by atoms with Crippen molar-refractivity contribution in [2.24, 2.45) is 0 Å². The zero-order valence-electron chi connectivity index (χ0n) is 10.2. The van der Waals surface area contributed by atoms with Crippen molar-refractivity contribution < 1.29 is 4.79 Å². The zero-order chi connectivity index (χ0) is 13.2. The van der Waals surface area contributed by atoms with E-state index in [1.807, 2.05) is 18.2 Å². The van der Waals surface area contributed by atoms with Crippen molar-refractivity contribution in [1.82, 2.24) is 15.1 Å². The molecule has 3 aromatic heterocycles. The highest BCUT2D eigenvalue weighted by Crippen LogP contribution is 2.36. The van der Waals surface area contributed by atoms with Gasteiger partial charge in [-0.3, -0.25) is 0 Å². The third-order valence-electron chi connectivity index (χ3n) is 2.67. The highest BCUT2D eigenvalue weighted by molar-refractivity contribution is 7.23. The number of hydrogen-bond donors (Lipinski definition) is 1. The smallest absolute Gasteiger partial charge is 0.339 e. The van der Waals surface area contributed by atoms with E-state index in [1.165, 1.54) is 14.4 Å². The molecule has 3 aromatic rings. The molecule has 0 saturated heterocycles. The van der Waals surface area contributed by atoms with Crippen LogP contribution in [0.25, 0.3) is 20.3 Å². The SMILES string of the molecule is CNC(=O)n1nccc1-c1ccc(-c2cccs2)s1. The van der Waals surface area contributed by atoms with Crippen LogP contribution in [0.2, 0.25) is 0 Å². The number of nitrogens with zero attached hydrogens (tertiary/aromatic N) is 2. The summed E-state index contributed by atoms with van der Waals surface area (Å²) < 4.78 is 1.38. The van der Waals surface area contributed by atoms with Crippen molar-refractivity contribution in [3.8, 4) is 20.3 Å². The van der Waals surface area contributed by atoms with Gasteiger partial charge in [0, 0.05) is 16.8 Å². The highest BCUT2D eigenvalue weighted by Gasteiger charge is 2.13. The lowest BCUT2D eigenvalue weighted by molar-refractivity contribution is 0.242. The molecule has 0 aromatic carbocycles. The maximum Gasteiger partial charge on any atom is 0.342 e. The van der Waals surface area contributed by atoms with Crippen molar-refractivity contribution >= 4 is 28.7 Å². The van der Waals surface area contributed by atoms with E-state index in [-0.39, 0.29) is 6.03 Å². The van der Waals surface area contributed by atoms with Gasteiger partial charge in [0.1, 0.15) is 0 Å². The number of nitrogens with one attached hydrogen (secondary N) is 1. The third-order valence-corrected chi connectivity index (χ3v) is 4.84. The molecular formula is C13H11N3OS2. The Morgan fingerprint density at radius 2 is 2.05 bits per heavy atom. The van der Waals surface area contributed by atoms with Crippen LogP contribution in [0, 0.1) is 0 Å². The van der Waals surface area contributed by atoms with Crippen LogP contribution in [0.15, 0.2) is 41.9 Å². The molecule has 0 aliphatic carbocycles. The molecule has 1 amide bonds. The Kier molecular flexibility index (Phi) is 3.18. The monoisotopic (exact) mass is 289 g/mol. The number of carbonyl (C=O) groups is 1. The second-order valence-electron chi connectivity index (χ2n) is 3.82. The van der Waals surface area contributed by atoms with Crippen LogP contribution in [-0.2, 0) is 0 Å². The average molecular weight is 289 g/mol. The van der Waals surface area contributed by atoms with Gasteiger partial charge in [-0.2, -0.15) is 9.78 Å². The molecule has 0 aliphatic rings. The molecule has 0 aliphatic heterocycles. The van der Waals surface area contributed by atoms with E-state index in [0.717, 1.165) is 10.6 Å². The van der Waals surface area contributed by atoms with Gasteiger partial charge in [-0.05, 0) is 29.6 Å². The Hall–Kier alpha value is -1.92. The number of thiophene rings is 2. The van der Waals surface area contributed by atoms with Crippen molar-refractivity contribution in [3.05, 3.63) is 41.9 Å². The Labute approximate surface area is 118 Å². The maximum atomic E-state index is 11.7. The molecule has 0 fully saturated rings. The first-order chi connectivity index (χ1) is 9.29. The summed E-state index contributed by atoms with van der Waals surface area (Å²) >= 11 is 3.37. The Balaban J connectivity index is 2.00. The number of aromatic nitrogens is 2. The van der Waals surface area contributed by atoms with Crippen molar-refractivity contribution in [1.29, 1.82) is 0 Å². The van der Waals surface area contributed by atoms with E-state index in [0.29, 0.717) is 0 Å². The summed E-state index contributed by atoms with van der Waals surface area (Å²) in [5, 5.41) is 8.69. The molecule has 0 bridgehead atoms. The molecule has 1 N–H and O–H groups in total. The van der Waals surface area contributed by atoms with Crippen molar-refractivity contribution in [2.45, 2.75) is 0 Å². The van der Waals surface area contributed by atoms with Crippen LogP contribution in [0.5, 0.6) is 0 Å². The topological polar surface area (TPSA) is 46.9 Å². The fourth-order valence-corrected chi connectivity index (χ4v) is 3.64. The second kappa shape index (κ2) is 4.99. The van der Waals surface area contributed by atoms with Gasteiger partial charge in [0.05, 0.1) is 16.8 Å². The molecule has 0 atom stereocenters. The highest BCUT2D eigenvalue weighted by atomic mass is 32.1. The van der Waals surface area contributed by atoms with E-state index >= 15 is 0 Å². The Morgan fingerprint density at radius 1 is 1.21 bits per heavy atom. The van der Waals surface area contributed by atoms with Gasteiger partial charge in [0.15, 0.2) is 0 Å². The molecule has 6 heteroatoms. The quantitative estimate of drug-likeness (QED) is 0.784. The largest absolute Gasteiger partial charge is 0.342 e. The second-order valence-corrected chi connectivity index (χ2v) is 5.86. The first-order valence-electron chi connectivity index (χ1n) is 5.70. The Bertz CT molecular complexity index is 697. The van der Waals surface area contributed by atoms with Gasteiger partial charge in [-0.15, -0.1) is 22.7 Å². The van der Waals surface area contributed by atoms with Gasteiger partial charge in [0.2, 0.25) is 0 Å². The van der Waals surface area contributed by atoms with Crippen molar-refractivity contribution in [2.75, 3.05) is 7.05 Å². The minimum Gasteiger partial charge on any atom is -0.339 e. The van der Waals surface area contributed by atoms with Crippen LogP contribution in [-0.4, -0.2) is 22.9 Å². The van der Waals surface area contributed by atoms with Gasteiger partial charge in [-0.1, -0.05) is 6.07 Å². The summed E-state index contributed by atoms with van der Waals surface area (Å²) in [6.45, 7) is 0. The minimum atomic E-state index is -0.230. The Morgan fingerprint density at radius 3 is 2.79 bits per heavy atom. The van der Waals surface area contributed by atoms with Gasteiger partial charge in [0.25, 0.3) is 0 Å². The molecular weight excluding hydrogens is 278 g/mol. The van der Waals surface area contributed by atoms with Crippen LogP contribution in [0.4, 0.5) is 4.79 Å². The van der Waals surface area contributed by atoms with Crippen LogP contribution < -0.4 is 5.32 Å². The fraction of sp³-hybridized carbons (Fsp3) is 0.0769. The van der Waals surface area contributed by atoms with Crippen LogP contribution in [0.1, 0.15) is 0 Å². The molecule has 4 nitrogen and oxygen atoms in total. The number of rotatable bonds is 2. The summed E-state index contributed by atoms with van der Waals surface area (Å²) in [5.74, 6) is 0. The number of hydrogen-bond acceptors (Lipinski definition) is 4.